The van der Waals surface area contributed by atoms with Crippen LogP contribution in [0.3, 0.4) is 0 Å². The summed E-state index contributed by atoms with van der Waals surface area (Å²) in [5, 5.41) is 0. The summed E-state index contributed by atoms with van der Waals surface area (Å²) in [6.07, 6.45) is -16.5. The van der Waals surface area contributed by atoms with Gasteiger partial charge in [0.15, 0.2) is 0 Å². The van der Waals surface area contributed by atoms with Crippen LogP contribution >= 0.6 is 11.6 Å². The number of rotatable bonds is 2. The zero-order valence-electron chi connectivity index (χ0n) is 10.7. The summed E-state index contributed by atoms with van der Waals surface area (Å²) in [5.41, 5.74) is -3.29. The van der Waals surface area contributed by atoms with Crippen LogP contribution in [0.4, 0.5) is 45.2 Å². The summed E-state index contributed by atoms with van der Waals surface area (Å²) in [6.45, 7) is 0. The van der Waals surface area contributed by atoms with Crippen molar-refractivity contribution in [1.82, 2.24) is 0 Å². The number of alkyl halides is 10. The van der Waals surface area contributed by atoms with Crippen molar-refractivity contribution in [3.63, 3.8) is 0 Å². The molecule has 0 spiro atoms. The fourth-order valence-electron chi connectivity index (χ4n) is 1.52. The molecule has 1 aromatic rings. The molecule has 0 fully saturated rings. The molecule has 0 heterocycles. The van der Waals surface area contributed by atoms with Crippen LogP contribution in [0.25, 0.3) is 0 Å². The molecule has 0 radical (unpaired) electrons. The van der Waals surface area contributed by atoms with Gasteiger partial charge >= 0.3 is 18.5 Å². The van der Waals surface area contributed by atoms with Gasteiger partial charge in [0.1, 0.15) is 5.84 Å². The topological polar surface area (TPSA) is 38.4 Å². The van der Waals surface area contributed by atoms with Gasteiger partial charge in [-0.2, -0.15) is 39.5 Å². The standard InChI is InChI=1S/C11H6ClF9N2/c12-3-7(22)23-8-5(10(16,17)18)1-4(9(13,14)15)2-6(8)11(19,20)21/h1-2H,3H2,(H2,22,23). The molecule has 0 atom stereocenters. The van der Waals surface area contributed by atoms with Gasteiger partial charge in [0.05, 0.1) is 28.3 Å². The number of hydrogen-bond acceptors (Lipinski definition) is 1. The van der Waals surface area contributed by atoms with Crippen LogP contribution in [0.2, 0.25) is 0 Å². The number of aliphatic imine (C=N–C) groups is 1. The highest BCUT2D eigenvalue weighted by molar-refractivity contribution is 6.28. The Labute approximate surface area is 127 Å². The summed E-state index contributed by atoms with van der Waals surface area (Å²) < 4.78 is 115. The molecule has 1 aromatic carbocycles. The highest BCUT2D eigenvalue weighted by Crippen LogP contribution is 2.47. The maximum absolute atomic E-state index is 12.9. The van der Waals surface area contributed by atoms with E-state index in [1.807, 2.05) is 0 Å². The number of amidine groups is 1. The second-order valence-electron chi connectivity index (χ2n) is 4.15. The molecular formula is C11H6ClF9N2. The minimum absolute atomic E-state index is 0.463. The first-order valence-corrected chi connectivity index (χ1v) is 6.00. The van der Waals surface area contributed by atoms with E-state index in [1.54, 1.807) is 0 Å². The van der Waals surface area contributed by atoms with E-state index < -0.39 is 64.8 Å². The molecular weight excluding hydrogens is 367 g/mol. The average molecular weight is 373 g/mol. The fourth-order valence-corrected chi connectivity index (χ4v) is 1.58. The highest BCUT2D eigenvalue weighted by atomic mass is 35.5. The van der Waals surface area contributed by atoms with E-state index in [2.05, 4.69) is 4.99 Å². The number of nitrogens with zero attached hydrogens (tertiary/aromatic N) is 1. The first-order chi connectivity index (χ1) is 10.2. The highest BCUT2D eigenvalue weighted by Gasteiger charge is 2.45. The summed E-state index contributed by atoms with van der Waals surface area (Å²) in [5.74, 6) is -1.53. The van der Waals surface area contributed by atoms with Crippen LogP contribution in [-0.2, 0) is 18.5 Å². The lowest BCUT2D eigenvalue weighted by molar-refractivity contribution is -0.147. The van der Waals surface area contributed by atoms with Gasteiger partial charge in [0.25, 0.3) is 0 Å². The smallest absolute Gasteiger partial charge is 0.386 e. The Morgan fingerprint density at radius 2 is 1.26 bits per heavy atom. The fraction of sp³-hybridized carbons (Fsp3) is 0.364. The summed E-state index contributed by atoms with van der Waals surface area (Å²) in [6, 6.07) is -0.925. The Morgan fingerprint density at radius 3 is 1.52 bits per heavy atom. The molecule has 23 heavy (non-hydrogen) atoms. The van der Waals surface area contributed by atoms with Gasteiger partial charge in [0, 0.05) is 0 Å². The molecule has 0 aromatic heterocycles. The van der Waals surface area contributed by atoms with E-state index in [4.69, 9.17) is 17.3 Å². The van der Waals surface area contributed by atoms with Crippen molar-refractivity contribution >= 4 is 23.1 Å². The van der Waals surface area contributed by atoms with Gasteiger partial charge in [-0.15, -0.1) is 11.6 Å². The van der Waals surface area contributed by atoms with Crippen molar-refractivity contribution in [3.8, 4) is 0 Å². The predicted octanol–water partition coefficient (Wildman–Crippen LogP) is 4.97. The number of hydrogen-bond donors (Lipinski definition) is 1. The van der Waals surface area contributed by atoms with Crippen LogP contribution in [0.5, 0.6) is 0 Å². The average Bonchev–Trinajstić information content (AvgIpc) is 2.34. The number of nitrogens with two attached hydrogens (primary N) is 1. The van der Waals surface area contributed by atoms with Crippen molar-refractivity contribution in [3.05, 3.63) is 28.8 Å². The molecule has 2 nitrogen and oxygen atoms in total. The van der Waals surface area contributed by atoms with Gasteiger partial charge in [-0.05, 0) is 12.1 Å². The zero-order chi connectivity index (χ0) is 18.2. The maximum Gasteiger partial charge on any atom is 0.418 e. The van der Waals surface area contributed by atoms with Crippen LogP contribution in [-0.4, -0.2) is 11.7 Å². The van der Waals surface area contributed by atoms with Crippen molar-refractivity contribution in [2.24, 2.45) is 10.7 Å². The van der Waals surface area contributed by atoms with Crippen LogP contribution in [0, 0.1) is 0 Å². The van der Waals surface area contributed by atoms with Crippen molar-refractivity contribution in [2.45, 2.75) is 18.5 Å². The van der Waals surface area contributed by atoms with E-state index in [-0.39, 0.29) is 0 Å². The van der Waals surface area contributed by atoms with E-state index >= 15 is 0 Å². The minimum Gasteiger partial charge on any atom is -0.386 e. The molecule has 0 aliphatic carbocycles. The summed E-state index contributed by atoms with van der Waals surface area (Å²) >= 11 is 5.14. The van der Waals surface area contributed by atoms with Gasteiger partial charge in [-0.25, -0.2) is 4.99 Å². The molecule has 130 valence electrons. The van der Waals surface area contributed by atoms with E-state index in [9.17, 15) is 39.5 Å². The van der Waals surface area contributed by atoms with Gasteiger partial charge < -0.3 is 5.73 Å². The van der Waals surface area contributed by atoms with Crippen LogP contribution in [0.1, 0.15) is 16.7 Å². The lowest BCUT2D eigenvalue weighted by Gasteiger charge is -2.19. The monoisotopic (exact) mass is 372 g/mol. The Hall–Kier alpha value is -1.65. The third-order valence-electron chi connectivity index (χ3n) is 2.44. The molecule has 12 heteroatoms. The van der Waals surface area contributed by atoms with Crippen molar-refractivity contribution in [1.29, 1.82) is 0 Å². The molecule has 0 saturated heterocycles. The molecule has 0 unspecified atom stereocenters. The molecule has 0 saturated carbocycles. The van der Waals surface area contributed by atoms with Gasteiger partial charge in [-0.1, -0.05) is 0 Å². The Kier molecular flexibility index (Phi) is 5.14. The molecule has 2 N–H and O–H groups in total. The Balaban J connectivity index is 3.90. The summed E-state index contributed by atoms with van der Waals surface area (Å²) in [7, 11) is 0. The molecule has 0 aliphatic heterocycles. The first-order valence-electron chi connectivity index (χ1n) is 5.46. The van der Waals surface area contributed by atoms with E-state index in [0.717, 1.165) is 0 Å². The normalized spacial score (nSPS) is 14.3. The van der Waals surface area contributed by atoms with Gasteiger partial charge in [0.2, 0.25) is 0 Å². The van der Waals surface area contributed by atoms with E-state index in [1.165, 1.54) is 0 Å². The Bertz CT molecular complexity index is 578. The predicted molar refractivity (Wildman–Crippen MR) is 63.5 cm³/mol. The lowest BCUT2D eigenvalue weighted by Crippen LogP contribution is -2.18. The third-order valence-corrected chi connectivity index (χ3v) is 2.71. The first kappa shape index (κ1) is 19.4. The largest absolute Gasteiger partial charge is 0.418 e. The SMILES string of the molecule is NC(CCl)=Nc1c(C(F)(F)F)cc(C(F)(F)F)cc1C(F)(F)F. The second-order valence-corrected chi connectivity index (χ2v) is 4.42. The third kappa shape index (κ3) is 4.66. The minimum atomic E-state index is -5.52. The van der Waals surface area contributed by atoms with Crippen molar-refractivity contribution < 1.29 is 39.5 Å². The zero-order valence-corrected chi connectivity index (χ0v) is 11.4. The number of halogens is 10. The summed E-state index contributed by atoms with van der Waals surface area (Å²) in [4.78, 5) is 2.89. The maximum atomic E-state index is 12.9. The lowest BCUT2D eigenvalue weighted by atomic mass is 10.0. The van der Waals surface area contributed by atoms with Gasteiger partial charge in [-0.3, -0.25) is 0 Å². The van der Waals surface area contributed by atoms with Crippen molar-refractivity contribution in [2.75, 3.05) is 5.88 Å². The van der Waals surface area contributed by atoms with Crippen LogP contribution < -0.4 is 5.73 Å². The van der Waals surface area contributed by atoms with E-state index in [0.29, 0.717) is 0 Å². The van der Waals surface area contributed by atoms with Crippen LogP contribution in [0.15, 0.2) is 17.1 Å². The quantitative estimate of drug-likeness (QED) is 0.338. The second kappa shape index (κ2) is 6.10. The molecule has 0 bridgehead atoms. The molecule has 0 aliphatic rings. The molecule has 1 rings (SSSR count). The molecule has 0 amide bonds. The Morgan fingerprint density at radius 1 is 0.870 bits per heavy atom. The number of benzene rings is 1.